The molecule has 1 aliphatic heterocycles. The van der Waals surface area contributed by atoms with Crippen LogP contribution in [0.1, 0.15) is 12.0 Å². The molecule has 3 N–H and O–H groups in total. The van der Waals surface area contributed by atoms with Crippen molar-refractivity contribution < 1.29 is 24.3 Å². The number of imide groups is 2. The van der Waals surface area contributed by atoms with Crippen LogP contribution in [0.2, 0.25) is 0 Å². The SMILES string of the molecule is O=C(O)CC1(c2ccccc2)C(=O)NC(=O)NC1=O. The normalized spacial score (nSPS) is 17.6. The molecule has 1 aromatic carbocycles. The highest BCUT2D eigenvalue weighted by atomic mass is 16.4. The molecule has 98 valence electrons. The summed E-state index contributed by atoms with van der Waals surface area (Å²) in [5, 5.41) is 12.8. The fourth-order valence-electron chi connectivity index (χ4n) is 2.03. The van der Waals surface area contributed by atoms with E-state index in [1.165, 1.54) is 12.1 Å². The lowest BCUT2D eigenvalue weighted by Gasteiger charge is -2.32. The number of carbonyl (C=O) groups is 4. The van der Waals surface area contributed by atoms with Gasteiger partial charge in [0.05, 0.1) is 6.42 Å². The fourth-order valence-corrected chi connectivity index (χ4v) is 2.03. The Kier molecular flexibility index (Phi) is 3.04. The molecule has 1 heterocycles. The molecule has 4 amide bonds. The predicted molar refractivity (Wildman–Crippen MR) is 62.1 cm³/mol. The molecule has 7 heteroatoms. The molecule has 2 rings (SSSR count). The Morgan fingerprint density at radius 2 is 1.58 bits per heavy atom. The van der Waals surface area contributed by atoms with Gasteiger partial charge in [-0.2, -0.15) is 0 Å². The maximum absolute atomic E-state index is 12.0. The van der Waals surface area contributed by atoms with Crippen molar-refractivity contribution in [3.8, 4) is 0 Å². The highest BCUT2D eigenvalue weighted by molar-refractivity contribution is 6.24. The zero-order valence-corrected chi connectivity index (χ0v) is 9.67. The van der Waals surface area contributed by atoms with Gasteiger partial charge in [-0.1, -0.05) is 30.3 Å². The monoisotopic (exact) mass is 262 g/mol. The van der Waals surface area contributed by atoms with E-state index in [9.17, 15) is 19.2 Å². The molecular weight excluding hydrogens is 252 g/mol. The van der Waals surface area contributed by atoms with Crippen LogP contribution in [-0.2, 0) is 19.8 Å². The van der Waals surface area contributed by atoms with Crippen LogP contribution in [-0.4, -0.2) is 28.9 Å². The number of aliphatic carboxylic acids is 1. The quantitative estimate of drug-likeness (QED) is 0.651. The van der Waals surface area contributed by atoms with Crippen molar-refractivity contribution in [1.82, 2.24) is 10.6 Å². The summed E-state index contributed by atoms with van der Waals surface area (Å²) in [4.78, 5) is 46.1. The van der Waals surface area contributed by atoms with Gasteiger partial charge in [0, 0.05) is 0 Å². The Balaban J connectivity index is 2.57. The summed E-state index contributed by atoms with van der Waals surface area (Å²) in [6, 6.07) is 6.82. The average molecular weight is 262 g/mol. The van der Waals surface area contributed by atoms with E-state index in [0.29, 0.717) is 0 Å². The first kappa shape index (κ1) is 12.7. The number of carbonyl (C=O) groups excluding carboxylic acids is 3. The molecule has 19 heavy (non-hydrogen) atoms. The Labute approximate surface area is 107 Å². The number of hydrogen-bond donors (Lipinski definition) is 3. The maximum Gasteiger partial charge on any atom is 0.328 e. The third-order valence-electron chi connectivity index (χ3n) is 2.91. The van der Waals surface area contributed by atoms with Crippen molar-refractivity contribution in [3.05, 3.63) is 35.9 Å². The second-order valence-electron chi connectivity index (χ2n) is 4.08. The van der Waals surface area contributed by atoms with Gasteiger partial charge >= 0.3 is 12.0 Å². The number of rotatable bonds is 3. The highest BCUT2D eigenvalue weighted by Crippen LogP contribution is 2.30. The van der Waals surface area contributed by atoms with Gasteiger partial charge in [-0.3, -0.25) is 25.0 Å². The fraction of sp³-hybridized carbons (Fsp3) is 0.167. The van der Waals surface area contributed by atoms with E-state index in [0.717, 1.165) is 0 Å². The molecule has 0 saturated carbocycles. The topological polar surface area (TPSA) is 113 Å². The number of barbiturate groups is 1. The van der Waals surface area contributed by atoms with Crippen molar-refractivity contribution in [1.29, 1.82) is 0 Å². The number of nitrogens with one attached hydrogen (secondary N) is 2. The zero-order valence-electron chi connectivity index (χ0n) is 9.67. The van der Waals surface area contributed by atoms with E-state index >= 15 is 0 Å². The van der Waals surface area contributed by atoms with Gasteiger partial charge in [0.25, 0.3) is 0 Å². The van der Waals surface area contributed by atoms with Crippen LogP contribution < -0.4 is 10.6 Å². The van der Waals surface area contributed by atoms with Crippen LogP contribution in [0.3, 0.4) is 0 Å². The predicted octanol–water partition coefficient (Wildman–Crippen LogP) is -0.235. The van der Waals surface area contributed by atoms with Gasteiger partial charge in [0.1, 0.15) is 0 Å². The summed E-state index contributed by atoms with van der Waals surface area (Å²) in [7, 11) is 0. The summed E-state index contributed by atoms with van der Waals surface area (Å²) >= 11 is 0. The van der Waals surface area contributed by atoms with Crippen LogP contribution in [0, 0.1) is 0 Å². The summed E-state index contributed by atoms with van der Waals surface area (Å²) in [6.45, 7) is 0. The second-order valence-corrected chi connectivity index (χ2v) is 4.08. The summed E-state index contributed by atoms with van der Waals surface area (Å²) in [6.07, 6.45) is -0.734. The Bertz CT molecular complexity index is 547. The minimum atomic E-state index is -1.93. The third-order valence-corrected chi connectivity index (χ3v) is 2.91. The highest BCUT2D eigenvalue weighted by Gasteiger charge is 2.53. The minimum absolute atomic E-state index is 0.222. The summed E-state index contributed by atoms with van der Waals surface area (Å²) in [5.74, 6) is -3.19. The van der Waals surface area contributed by atoms with Crippen LogP contribution in [0.5, 0.6) is 0 Å². The molecule has 0 radical (unpaired) electrons. The lowest BCUT2D eigenvalue weighted by molar-refractivity contribution is -0.148. The Hall–Kier alpha value is -2.70. The molecule has 1 aliphatic rings. The van der Waals surface area contributed by atoms with Gasteiger partial charge in [-0.15, -0.1) is 0 Å². The average Bonchev–Trinajstić information content (AvgIpc) is 2.34. The van der Waals surface area contributed by atoms with E-state index in [4.69, 9.17) is 5.11 Å². The molecule has 1 aromatic rings. The molecule has 1 saturated heterocycles. The van der Waals surface area contributed by atoms with E-state index < -0.39 is 35.7 Å². The number of hydrogen-bond acceptors (Lipinski definition) is 4. The lowest BCUT2D eigenvalue weighted by Crippen LogP contribution is -2.65. The van der Waals surface area contributed by atoms with Crippen molar-refractivity contribution in [2.75, 3.05) is 0 Å². The first-order valence-corrected chi connectivity index (χ1v) is 5.41. The van der Waals surface area contributed by atoms with Gasteiger partial charge in [0.2, 0.25) is 11.8 Å². The second kappa shape index (κ2) is 4.52. The number of benzene rings is 1. The van der Waals surface area contributed by atoms with Crippen molar-refractivity contribution in [3.63, 3.8) is 0 Å². The van der Waals surface area contributed by atoms with E-state index in [1.807, 2.05) is 10.6 Å². The number of carboxylic acid groups (broad SMARTS) is 1. The molecule has 0 aromatic heterocycles. The summed E-state index contributed by atoms with van der Waals surface area (Å²) in [5.41, 5.74) is -1.71. The largest absolute Gasteiger partial charge is 0.481 e. The molecular formula is C12H10N2O5. The first-order valence-electron chi connectivity index (χ1n) is 5.41. The van der Waals surface area contributed by atoms with Crippen LogP contribution >= 0.6 is 0 Å². The molecule has 7 nitrogen and oxygen atoms in total. The molecule has 0 bridgehead atoms. The smallest absolute Gasteiger partial charge is 0.328 e. The Morgan fingerprint density at radius 1 is 1.05 bits per heavy atom. The van der Waals surface area contributed by atoms with Gasteiger partial charge in [0.15, 0.2) is 5.41 Å². The number of amides is 4. The maximum atomic E-state index is 12.0. The number of urea groups is 1. The van der Waals surface area contributed by atoms with Crippen LogP contribution in [0.15, 0.2) is 30.3 Å². The zero-order chi connectivity index (χ0) is 14.0. The third kappa shape index (κ3) is 2.05. The molecule has 1 fully saturated rings. The molecule has 0 spiro atoms. The lowest BCUT2D eigenvalue weighted by atomic mass is 9.75. The van der Waals surface area contributed by atoms with Crippen molar-refractivity contribution >= 4 is 23.8 Å². The molecule has 0 aliphatic carbocycles. The first-order chi connectivity index (χ1) is 8.96. The van der Waals surface area contributed by atoms with E-state index in [1.54, 1.807) is 18.2 Å². The molecule has 0 unspecified atom stereocenters. The van der Waals surface area contributed by atoms with Gasteiger partial charge in [-0.05, 0) is 5.56 Å². The van der Waals surface area contributed by atoms with Crippen LogP contribution in [0.4, 0.5) is 4.79 Å². The Morgan fingerprint density at radius 3 is 2.05 bits per heavy atom. The van der Waals surface area contributed by atoms with Crippen LogP contribution in [0.25, 0.3) is 0 Å². The summed E-state index contributed by atoms with van der Waals surface area (Å²) < 4.78 is 0. The van der Waals surface area contributed by atoms with Gasteiger partial charge < -0.3 is 5.11 Å². The van der Waals surface area contributed by atoms with Crippen molar-refractivity contribution in [2.24, 2.45) is 0 Å². The molecule has 0 atom stereocenters. The minimum Gasteiger partial charge on any atom is -0.481 e. The van der Waals surface area contributed by atoms with Gasteiger partial charge in [-0.25, -0.2) is 4.79 Å². The number of carboxylic acids is 1. The van der Waals surface area contributed by atoms with E-state index in [2.05, 4.69) is 0 Å². The van der Waals surface area contributed by atoms with Crippen molar-refractivity contribution in [2.45, 2.75) is 11.8 Å². The standard InChI is InChI=1S/C12H10N2O5/c15-8(16)6-12(7-4-2-1-3-5-7)9(17)13-11(19)14-10(12)18/h1-5H,6H2,(H,15,16)(H2,13,14,17,18,19). The van der Waals surface area contributed by atoms with E-state index in [-0.39, 0.29) is 5.56 Å².